The Kier molecular flexibility index (Phi) is 6.26. The molecule has 1 aromatic rings. The number of hydrogen-bond donors (Lipinski definition) is 2. The monoisotopic (exact) mass is 318 g/mol. The molecule has 2 unspecified atom stereocenters. The molecule has 0 aliphatic carbocycles. The molecule has 6 heteroatoms. The van der Waals surface area contributed by atoms with Crippen molar-refractivity contribution >= 4 is 22.9 Å². The minimum Gasteiger partial charge on any atom is -0.394 e. The maximum atomic E-state index is 8.80. The average molecular weight is 319 g/mol. The van der Waals surface area contributed by atoms with Gasteiger partial charge in [0.15, 0.2) is 0 Å². The van der Waals surface area contributed by atoms with Gasteiger partial charge in [0.25, 0.3) is 0 Å². The highest BCUT2D eigenvalue weighted by Gasteiger charge is 2.29. The van der Waals surface area contributed by atoms with E-state index in [1.807, 2.05) is 13.0 Å². The number of ether oxygens (including phenoxy) is 1. The van der Waals surface area contributed by atoms with Crippen LogP contribution in [0.15, 0.2) is 12.1 Å². The lowest BCUT2D eigenvalue weighted by Crippen LogP contribution is -2.45. The average Bonchev–Trinajstić information content (AvgIpc) is 2.84. The number of nitrogens with zero attached hydrogens (tertiary/aromatic N) is 1. The Morgan fingerprint density at radius 2 is 2.20 bits per heavy atom. The Bertz CT molecular complexity index is 406. The zero-order valence-electron chi connectivity index (χ0n) is 11.8. The van der Waals surface area contributed by atoms with Crippen LogP contribution in [0, 0.1) is 0 Å². The summed E-state index contributed by atoms with van der Waals surface area (Å²) in [6.45, 7) is 4.51. The quantitative estimate of drug-likeness (QED) is 0.844. The Hall–Kier alpha value is -0.170. The van der Waals surface area contributed by atoms with E-state index in [4.69, 9.17) is 27.2 Å². The van der Waals surface area contributed by atoms with Gasteiger partial charge in [0.2, 0.25) is 0 Å². The van der Waals surface area contributed by atoms with Gasteiger partial charge < -0.3 is 15.6 Å². The standard InChI is InChI=1S/C14H23ClN2O2S/c1-10(16)14(12-2-3-13(15)20-12)17-6-4-11(5-7-17)19-9-8-18/h2-3,10-11,14,18H,4-9,16H2,1H3. The van der Waals surface area contributed by atoms with Crippen molar-refractivity contribution in [2.24, 2.45) is 5.73 Å². The molecule has 4 nitrogen and oxygen atoms in total. The van der Waals surface area contributed by atoms with Crippen molar-refractivity contribution in [2.75, 3.05) is 26.3 Å². The number of halogens is 1. The van der Waals surface area contributed by atoms with Gasteiger partial charge in [-0.1, -0.05) is 11.6 Å². The first-order chi connectivity index (χ1) is 9.61. The fourth-order valence-corrected chi connectivity index (χ4v) is 4.11. The number of hydrogen-bond acceptors (Lipinski definition) is 5. The topological polar surface area (TPSA) is 58.7 Å². The highest BCUT2D eigenvalue weighted by atomic mass is 35.5. The van der Waals surface area contributed by atoms with Gasteiger partial charge in [0, 0.05) is 24.0 Å². The van der Waals surface area contributed by atoms with Gasteiger partial charge in [-0.25, -0.2) is 0 Å². The highest BCUT2D eigenvalue weighted by Crippen LogP contribution is 2.34. The van der Waals surface area contributed by atoms with Crippen molar-refractivity contribution in [1.29, 1.82) is 0 Å². The number of nitrogens with two attached hydrogens (primary N) is 1. The highest BCUT2D eigenvalue weighted by molar-refractivity contribution is 7.16. The van der Waals surface area contributed by atoms with Gasteiger partial charge in [-0.05, 0) is 31.9 Å². The second kappa shape index (κ2) is 7.73. The summed E-state index contributed by atoms with van der Waals surface area (Å²) < 4.78 is 6.42. The molecule has 2 heterocycles. The normalized spacial score (nSPS) is 21.0. The van der Waals surface area contributed by atoms with E-state index < -0.39 is 0 Å². The minimum atomic E-state index is 0.0691. The van der Waals surface area contributed by atoms with Crippen LogP contribution >= 0.6 is 22.9 Å². The summed E-state index contributed by atoms with van der Waals surface area (Å²) >= 11 is 7.66. The van der Waals surface area contributed by atoms with E-state index in [9.17, 15) is 0 Å². The van der Waals surface area contributed by atoms with Crippen molar-refractivity contribution in [3.05, 3.63) is 21.3 Å². The van der Waals surface area contributed by atoms with Crippen LogP contribution in [0.25, 0.3) is 0 Å². The molecule has 0 amide bonds. The van der Waals surface area contributed by atoms with Crippen LogP contribution in [-0.2, 0) is 4.74 Å². The molecule has 2 rings (SSSR count). The first-order valence-corrected chi connectivity index (χ1v) is 8.28. The molecule has 0 radical (unpaired) electrons. The Morgan fingerprint density at radius 3 is 2.70 bits per heavy atom. The largest absolute Gasteiger partial charge is 0.394 e. The van der Waals surface area contributed by atoms with Crippen LogP contribution in [0.4, 0.5) is 0 Å². The lowest BCUT2D eigenvalue weighted by molar-refractivity contribution is -0.0169. The molecule has 3 N–H and O–H groups in total. The van der Waals surface area contributed by atoms with E-state index in [2.05, 4.69) is 11.0 Å². The predicted molar refractivity (Wildman–Crippen MR) is 83.4 cm³/mol. The molecule has 0 saturated carbocycles. The van der Waals surface area contributed by atoms with Crippen LogP contribution in [0.5, 0.6) is 0 Å². The fraction of sp³-hybridized carbons (Fsp3) is 0.714. The van der Waals surface area contributed by atoms with Gasteiger partial charge in [-0.2, -0.15) is 0 Å². The molecule has 0 spiro atoms. The Balaban J connectivity index is 1.95. The summed E-state index contributed by atoms with van der Waals surface area (Å²) in [6, 6.07) is 4.31. The smallest absolute Gasteiger partial charge is 0.0931 e. The number of thiophene rings is 1. The molecule has 114 valence electrons. The van der Waals surface area contributed by atoms with E-state index in [0.29, 0.717) is 6.61 Å². The van der Waals surface area contributed by atoms with Gasteiger partial charge in [0.1, 0.15) is 0 Å². The summed E-state index contributed by atoms with van der Waals surface area (Å²) in [5.41, 5.74) is 6.18. The molecular formula is C14H23ClN2O2S. The molecule has 1 fully saturated rings. The lowest BCUT2D eigenvalue weighted by Gasteiger charge is -2.38. The third-order valence-corrected chi connectivity index (χ3v) is 5.00. The zero-order valence-corrected chi connectivity index (χ0v) is 13.4. The van der Waals surface area contributed by atoms with Crippen LogP contribution in [0.2, 0.25) is 4.34 Å². The molecule has 1 aliphatic rings. The summed E-state index contributed by atoms with van der Waals surface area (Å²) in [4.78, 5) is 3.66. The Morgan fingerprint density at radius 1 is 1.50 bits per heavy atom. The van der Waals surface area contributed by atoms with Crippen molar-refractivity contribution < 1.29 is 9.84 Å². The van der Waals surface area contributed by atoms with E-state index in [0.717, 1.165) is 30.3 Å². The molecule has 0 aromatic carbocycles. The number of piperidine rings is 1. The van der Waals surface area contributed by atoms with Crippen LogP contribution < -0.4 is 5.73 Å². The van der Waals surface area contributed by atoms with Gasteiger partial charge in [-0.15, -0.1) is 11.3 Å². The first-order valence-electron chi connectivity index (χ1n) is 7.09. The summed E-state index contributed by atoms with van der Waals surface area (Å²) in [5, 5.41) is 8.80. The van der Waals surface area contributed by atoms with Crippen molar-refractivity contribution in [1.82, 2.24) is 4.90 Å². The van der Waals surface area contributed by atoms with Crippen molar-refractivity contribution in [3.8, 4) is 0 Å². The van der Waals surface area contributed by atoms with Gasteiger partial charge >= 0.3 is 0 Å². The number of aliphatic hydroxyl groups excluding tert-OH is 1. The minimum absolute atomic E-state index is 0.0691. The predicted octanol–water partition coefficient (Wildman–Crippen LogP) is 2.26. The van der Waals surface area contributed by atoms with E-state index in [1.165, 1.54) is 4.88 Å². The molecule has 1 aromatic heterocycles. The lowest BCUT2D eigenvalue weighted by atomic mass is 10.0. The molecule has 0 bridgehead atoms. The van der Waals surface area contributed by atoms with Gasteiger partial charge in [-0.3, -0.25) is 4.90 Å². The second-order valence-electron chi connectivity index (χ2n) is 5.28. The van der Waals surface area contributed by atoms with Crippen LogP contribution in [-0.4, -0.2) is 48.5 Å². The fourth-order valence-electron chi connectivity index (χ4n) is 2.80. The maximum Gasteiger partial charge on any atom is 0.0931 e. The third-order valence-electron chi connectivity index (χ3n) is 3.70. The number of rotatable bonds is 6. The molecule has 2 atom stereocenters. The van der Waals surface area contributed by atoms with E-state index >= 15 is 0 Å². The molecule has 1 saturated heterocycles. The maximum absolute atomic E-state index is 8.80. The SMILES string of the molecule is CC(N)C(c1ccc(Cl)s1)N1CCC(OCCO)CC1. The summed E-state index contributed by atoms with van der Waals surface area (Å²) in [6.07, 6.45) is 2.24. The molecule has 1 aliphatic heterocycles. The van der Waals surface area contributed by atoms with E-state index in [-0.39, 0.29) is 24.8 Å². The third kappa shape index (κ3) is 4.16. The first kappa shape index (κ1) is 16.2. The summed E-state index contributed by atoms with van der Waals surface area (Å²) in [7, 11) is 0. The summed E-state index contributed by atoms with van der Waals surface area (Å²) in [5.74, 6) is 0. The Labute approximate surface area is 129 Å². The second-order valence-corrected chi connectivity index (χ2v) is 7.02. The van der Waals surface area contributed by atoms with Gasteiger partial charge in [0.05, 0.1) is 29.7 Å². The van der Waals surface area contributed by atoms with Crippen LogP contribution in [0.3, 0.4) is 0 Å². The van der Waals surface area contributed by atoms with Crippen LogP contribution in [0.1, 0.15) is 30.7 Å². The molecular weight excluding hydrogens is 296 g/mol. The number of likely N-dealkylation sites (tertiary alicyclic amines) is 1. The van der Waals surface area contributed by atoms with Crippen molar-refractivity contribution in [3.63, 3.8) is 0 Å². The molecule has 20 heavy (non-hydrogen) atoms. The number of aliphatic hydroxyl groups is 1. The zero-order chi connectivity index (χ0) is 14.5. The van der Waals surface area contributed by atoms with Crippen molar-refractivity contribution in [2.45, 2.75) is 38.0 Å². The van der Waals surface area contributed by atoms with E-state index in [1.54, 1.807) is 11.3 Å².